The standard InChI is InChI=1S/C29H27FN6O4/c1-29(2,3)24-13-19(36(35-24)18-6-8-26(39-4)32-15-18)12-20(37)11-17-5-7-21(14-22(17)30)40-23-9-10-31-28-27(23)33-16-25(38)34-28/h5-10,13-16H,11-12H2,1-4H3,(H,31,34,38). The van der Waals surface area contributed by atoms with Gasteiger partial charge in [0, 0.05) is 42.7 Å². The number of H-pyrrole nitrogens is 1. The fraction of sp³-hybridized carbons (Fsp3) is 0.241. The highest BCUT2D eigenvalue weighted by atomic mass is 19.1. The summed E-state index contributed by atoms with van der Waals surface area (Å²) >= 11 is 0. The van der Waals surface area contributed by atoms with Crippen LogP contribution in [0.4, 0.5) is 4.39 Å². The van der Waals surface area contributed by atoms with Crippen LogP contribution < -0.4 is 15.0 Å². The van der Waals surface area contributed by atoms with Crippen molar-refractivity contribution in [3.63, 3.8) is 0 Å². The van der Waals surface area contributed by atoms with Gasteiger partial charge >= 0.3 is 0 Å². The maximum atomic E-state index is 15.0. The number of ketones is 1. The van der Waals surface area contributed by atoms with E-state index in [-0.39, 0.29) is 41.0 Å². The number of fused-ring (bicyclic) bond motifs is 1. The number of ether oxygens (including phenoxy) is 2. The molecule has 1 aromatic carbocycles. The van der Waals surface area contributed by atoms with Gasteiger partial charge in [-0.05, 0) is 23.8 Å². The van der Waals surface area contributed by atoms with E-state index >= 15 is 4.39 Å². The molecular formula is C29H27FN6O4. The van der Waals surface area contributed by atoms with Crippen LogP contribution in [0.25, 0.3) is 16.9 Å². The largest absolute Gasteiger partial charge is 0.481 e. The number of rotatable bonds is 8. The molecule has 0 atom stereocenters. The monoisotopic (exact) mass is 542 g/mol. The molecule has 5 aromatic rings. The molecule has 4 heterocycles. The summed E-state index contributed by atoms with van der Waals surface area (Å²) in [6, 6.07) is 11.3. The lowest BCUT2D eigenvalue weighted by atomic mass is 9.92. The van der Waals surface area contributed by atoms with E-state index in [4.69, 9.17) is 14.6 Å². The van der Waals surface area contributed by atoms with Crippen LogP contribution in [0, 0.1) is 5.82 Å². The number of aromatic nitrogens is 6. The zero-order chi connectivity index (χ0) is 28.4. The SMILES string of the molecule is COc1ccc(-n2nc(C(C)(C)C)cc2CC(=O)Cc2ccc(Oc3ccnc4[nH]c(=O)cnc34)cc2F)cn1. The van der Waals surface area contributed by atoms with Crippen molar-refractivity contribution in [2.45, 2.75) is 39.0 Å². The van der Waals surface area contributed by atoms with Crippen LogP contribution in [0.15, 0.2) is 65.8 Å². The van der Waals surface area contributed by atoms with Crippen molar-refractivity contribution in [1.29, 1.82) is 0 Å². The van der Waals surface area contributed by atoms with Crippen molar-refractivity contribution in [3.05, 3.63) is 94.2 Å². The van der Waals surface area contributed by atoms with Crippen LogP contribution >= 0.6 is 0 Å². The molecule has 40 heavy (non-hydrogen) atoms. The van der Waals surface area contributed by atoms with E-state index in [0.29, 0.717) is 28.5 Å². The van der Waals surface area contributed by atoms with Gasteiger partial charge in [0.15, 0.2) is 11.4 Å². The van der Waals surface area contributed by atoms with Crippen molar-refractivity contribution in [2.24, 2.45) is 0 Å². The highest BCUT2D eigenvalue weighted by molar-refractivity contribution is 5.83. The van der Waals surface area contributed by atoms with E-state index in [2.05, 4.69) is 19.9 Å². The third kappa shape index (κ3) is 5.73. The molecule has 11 heteroatoms. The van der Waals surface area contributed by atoms with Crippen molar-refractivity contribution >= 4 is 16.9 Å². The summed E-state index contributed by atoms with van der Waals surface area (Å²) in [6.45, 7) is 6.13. The predicted molar refractivity (Wildman–Crippen MR) is 146 cm³/mol. The summed E-state index contributed by atoms with van der Waals surface area (Å²) in [5, 5.41) is 4.73. The van der Waals surface area contributed by atoms with Gasteiger partial charge in [-0.2, -0.15) is 5.10 Å². The van der Waals surface area contributed by atoms with Crippen LogP contribution in [0.5, 0.6) is 17.4 Å². The van der Waals surface area contributed by atoms with Crippen LogP contribution in [-0.2, 0) is 23.1 Å². The number of hydrogen-bond acceptors (Lipinski definition) is 8. The molecule has 0 aliphatic heterocycles. The Balaban J connectivity index is 1.34. The van der Waals surface area contributed by atoms with Crippen molar-refractivity contribution in [3.8, 4) is 23.1 Å². The van der Waals surface area contributed by atoms with E-state index < -0.39 is 11.4 Å². The van der Waals surface area contributed by atoms with Gasteiger partial charge in [0.2, 0.25) is 5.88 Å². The number of Topliss-reactive ketones (excluding diaryl/α,β-unsaturated/α-hetero) is 1. The summed E-state index contributed by atoms with van der Waals surface area (Å²) in [5.41, 5.74) is 2.39. The van der Waals surface area contributed by atoms with E-state index in [9.17, 15) is 9.59 Å². The number of carbonyl (C=O) groups excluding carboxylic acids is 1. The quantitative estimate of drug-likeness (QED) is 0.304. The second-order valence-corrected chi connectivity index (χ2v) is 10.2. The third-order valence-electron chi connectivity index (χ3n) is 6.18. The van der Waals surface area contributed by atoms with Crippen LogP contribution in [0.1, 0.15) is 37.7 Å². The molecule has 0 fully saturated rings. The topological polar surface area (TPSA) is 125 Å². The molecule has 10 nitrogen and oxygen atoms in total. The molecule has 0 aliphatic rings. The number of carbonyl (C=O) groups is 1. The molecular weight excluding hydrogens is 515 g/mol. The number of hydrogen-bond donors (Lipinski definition) is 1. The molecule has 5 rings (SSSR count). The average molecular weight is 543 g/mol. The first-order valence-electron chi connectivity index (χ1n) is 12.5. The molecule has 0 spiro atoms. The summed E-state index contributed by atoms with van der Waals surface area (Å²) in [4.78, 5) is 39.6. The molecule has 0 bridgehead atoms. The fourth-order valence-electron chi connectivity index (χ4n) is 4.10. The van der Waals surface area contributed by atoms with Gasteiger partial charge < -0.3 is 14.5 Å². The van der Waals surface area contributed by atoms with E-state index in [1.165, 1.54) is 25.4 Å². The van der Waals surface area contributed by atoms with E-state index in [0.717, 1.165) is 11.9 Å². The summed E-state index contributed by atoms with van der Waals surface area (Å²) < 4.78 is 27.7. The Kier molecular flexibility index (Phi) is 7.12. The molecule has 204 valence electrons. The van der Waals surface area contributed by atoms with E-state index in [1.54, 1.807) is 29.1 Å². The van der Waals surface area contributed by atoms with Gasteiger partial charge in [-0.1, -0.05) is 26.8 Å². The van der Waals surface area contributed by atoms with Crippen LogP contribution in [-0.4, -0.2) is 42.6 Å². The lowest BCUT2D eigenvalue weighted by Crippen LogP contribution is -2.13. The predicted octanol–water partition coefficient (Wildman–Crippen LogP) is 4.49. The number of pyridine rings is 2. The minimum Gasteiger partial charge on any atom is -0.481 e. The Morgan fingerprint density at radius 3 is 2.55 bits per heavy atom. The van der Waals surface area contributed by atoms with Gasteiger partial charge in [0.1, 0.15) is 22.9 Å². The summed E-state index contributed by atoms with van der Waals surface area (Å²) in [5.74, 6) is 0.239. The second-order valence-electron chi connectivity index (χ2n) is 10.2. The molecule has 0 saturated carbocycles. The number of methoxy groups -OCH3 is 1. The third-order valence-corrected chi connectivity index (χ3v) is 6.18. The minimum absolute atomic E-state index is 0.0552. The molecule has 0 aliphatic carbocycles. The number of halogens is 1. The normalized spacial score (nSPS) is 11.5. The average Bonchev–Trinajstić information content (AvgIpc) is 3.34. The lowest BCUT2D eigenvalue weighted by Gasteiger charge is -2.14. The van der Waals surface area contributed by atoms with Gasteiger partial charge in [0.25, 0.3) is 5.56 Å². The molecule has 0 saturated heterocycles. The molecule has 1 N–H and O–H groups in total. The number of benzene rings is 1. The van der Waals surface area contributed by atoms with Gasteiger partial charge in [-0.25, -0.2) is 24.0 Å². The Hall–Kier alpha value is -4.93. The smallest absolute Gasteiger partial charge is 0.268 e. The fourth-order valence-corrected chi connectivity index (χ4v) is 4.10. The minimum atomic E-state index is -0.575. The van der Waals surface area contributed by atoms with Crippen LogP contribution in [0.2, 0.25) is 0 Å². The second kappa shape index (κ2) is 10.7. The Morgan fingerprint density at radius 1 is 1.02 bits per heavy atom. The maximum Gasteiger partial charge on any atom is 0.268 e. The summed E-state index contributed by atoms with van der Waals surface area (Å²) in [6.07, 6.45) is 4.15. The Morgan fingerprint density at radius 2 is 1.85 bits per heavy atom. The first kappa shape index (κ1) is 26.7. The zero-order valence-electron chi connectivity index (χ0n) is 22.4. The number of aromatic amines is 1. The molecule has 0 unspecified atom stereocenters. The molecule has 0 radical (unpaired) electrons. The van der Waals surface area contributed by atoms with E-state index in [1.807, 2.05) is 32.9 Å². The highest BCUT2D eigenvalue weighted by Crippen LogP contribution is 2.28. The van der Waals surface area contributed by atoms with Gasteiger partial charge in [-0.3, -0.25) is 9.59 Å². The first-order valence-corrected chi connectivity index (χ1v) is 12.5. The first-order chi connectivity index (χ1) is 19.1. The molecule has 4 aromatic heterocycles. The molecule has 0 amide bonds. The maximum absolute atomic E-state index is 15.0. The van der Waals surface area contributed by atoms with Gasteiger partial charge in [-0.15, -0.1) is 0 Å². The number of nitrogens with zero attached hydrogens (tertiary/aromatic N) is 5. The highest BCUT2D eigenvalue weighted by Gasteiger charge is 2.22. The van der Waals surface area contributed by atoms with Gasteiger partial charge in [0.05, 0.1) is 36.6 Å². The number of nitrogens with one attached hydrogen (secondary N) is 1. The summed E-state index contributed by atoms with van der Waals surface area (Å²) in [7, 11) is 1.54. The van der Waals surface area contributed by atoms with Crippen molar-refractivity contribution in [2.75, 3.05) is 7.11 Å². The Labute approximate surface area is 228 Å². The zero-order valence-corrected chi connectivity index (χ0v) is 22.4. The lowest BCUT2D eigenvalue weighted by molar-refractivity contribution is -0.117. The van der Waals surface area contributed by atoms with Crippen molar-refractivity contribution < 1.29 is 18.7 Å². The van der Waals surface area contributed by atoms with Crippen LogP contribution in [0.3, 0.4) is 0 Å². The van der Waals surface area contributed by atoms with Crippen molar-refractivity contribution in [1.82, 2.24) is 29.7 Å². The Bertz CT molecular complexity index is 1760.